The molecule has 1 aliphatic heterocycles. The van der Waals surface area contributed by atoms with Gasteiger partial charge in [0.15, 0.2) is 0 Å². The zero-order valence-electron chi connectivity index (χ0n) is 8.43. The van der Waals surface area contributed by atoms with Crippen molar-refractivity contribution in [2.45, 2.75) is 0 Å². The van der Waals surface area contributed by atoms with E-state index in [4.69, 9.17) is 0 Å². The summed E-state index contributed by atoms with van der Waals surface area (Å²) in [4.78, 5) is 24.4. The molecule has 2 amide bonds. The van der Waals surface area contributed by atoms with E-state index in [-0.39, 0.29) is 11.1 Å². The molecule has 0 bridgehead atoms. The number of amides is 2. The molecule has 0 radical (unpaired) electrons. The molecule has 2 heterocycles. The molecular formula is C10H10N2O2S. The first-order valence-electron chi connectivity index (χ1n) is 4.42. The largest absolute Gasteiger partial charge is 0.351 e. The highest BCUT2D eigenvalue weighted by atomic mass is 32.2. The molecule has 1 saturated heterocycles. The molecule has 1 aliphatic rings. The highest BCUT2D eigenvalue weighted by Gasteiger charge is 2.31. The van der Waals surface area contributed by atoms with Crippen LogP contribution in [0.2, 0.25) is 0 Å². The lowest BCUT2D eigenvalue weighted by Crippen LogP contribution is -2.22. The van der Waals surface area contributed by atoms with Gasteiger partial charge in [-0.25, -0.2) is 0 Å². The minimum absolute atomic E-state index is 0.222. The third-order valence-electron chi connectivity index (χ3n) is 2.25. The van der Waals surface area contributed by atoms with E-state index in [1.54, 1.807) is 6.08 Å². The highest BCUT2D eigenvalue weighted by Crippen LogP contribution is 2.30. The molecule has 0 unspecified atom stereocenters. The van der Waals surface area contributed by atoms with Gasteiger partial charge in [0.1, 0.15) is 0 Å². The predicted molar refractivity (Wildman–Crippen MR) is 59.1 cm³/mol. The molecule has 0 spiro atoms. The Bertz CT molecular complexity index is 462. The maximum absolute atomic E-state index is 11.6. The topological polar surface area (TPSA) is 42.3 Å². The molecule has 1 aromatic rings. The fourth-order valence-corrected chi connectivity index (χ4v) is 2.12. The normalized spacial score (nSPS) is 19.3. The molecule has 1 aromatic heterocycles. The number of aryl methyl sites for hydroxylation is 1. The third-order valence-corrected chi connectivity index (χ3v) is 3.21. The van der Waals surface area contributed by atoms with Crippen molar-refractivity contribution in [2.75, 3.05) is 7.05 Å². The van der Waals surface area contributed by atoms with Crippen molar-refractivity contribution in [3.05, 3.63) is 28.9 Å². The number of nitrogens with zero attached hydrogens (tertiary/aromatic N) is 2. The lowest BCUT2D eigenvalue weighted by atomic mass is 10.3. The van der Waals surface area contributed by atoms with Crippen molar-refractivity contribution in [2.24, 2.45) is 7.05 Å². The van der Waals surface area contributed by atoms with Crippen LogP contribution in [0.3, 0.4) is 0 Å². The van der Waals surface area contributed by atoms with Gasteiger partial charge in [-0.1, -0.05) is 0 Å². The van der Waals surface area contributed by atoms with Gasteiger partial charge in [0.2, 0.25) is 0 Å². The van der Waals surface area contributed by atoms with Gasteiger partial charge in [-0.2, -0.15) is 0 Å². The summed E-state index contributed by atoms with van der Waals surface area (Å²) in [6.45, 7) is 0. The highest BCUT2D eigenvalue weighted by molar-refractivity contribution is 8.18. The van der Waals surface area contributed by atoms with Crippen LogP contribution in [0.4, 0.5) is 4.79 Å². The number of carbonyl (C=O) groups excluding carboxylic acids is 2. The second-order valence-electron chi connectivity index (χ2n) is 3.28. The van der Waals surface area contributed by atoms with Gasteiger partial charge in [-0.15, -0.1) is 0 Å². The lowest BCUT2D eigenvalue weighted by molar-refractivity contribution is -0.121. The second-order valence-corrected chi connectivity index (χ2v) is 4.28. The minimum Gasteiger partial charge on any atom is -0.351 e. The van der Waals surface area contributed by atoms with Gasteiger partial charge in [-0.3, -0.25) is 14.5 Å². The maximum Gasteiger partial charge on any atom is 0.293 e. The van der Waals surface area contributed by atoms with E-state index < -0.39 is 0 Å². The molecule has 0 saturated carbocycles. The van der Waals surface area contributed by atoms with E-state index >= 15 is 0 Å². The van der Waals surface area contributed by atoms with Crippen molar-refractivity contribution >= 4 is 29.0 Å². The van der Waals surface area contributed by atoms with Crippen LogP contribution in [-0.2, 0) is 11.8 Å². The molecule has 0 atom stereocenters. The summed E-state index contributed by atoms with van der Waals surface area (Å²) in [5.74, 6) is -0.230. The lowest BCUT2D eigenvalue weighted by Gasteiger charge is -2.01. The Hall–Kier alpha value is -1.49. The number of hydrogen-bond acceptors (Lipinski definition) is 3. The van der Waals surface area contributed by atoms with E-state index in [0.717, 1.165) is 22.4 Å². The number of aromatic nitrogens is 1. The molecule has 1 fully saturated rings. The average molecular weight is 222 g/mol. The summed E-state index contributed by atoms with van der Waals surface area (Å²) in [6, 6.07) is 3.78. The molecule has 4 nitrogen and oxygen atoms in total. The molecule has 0 aromatic carbocycles. The van der Waals surface area contributed by atoms with Gasteiger partial charge in [0.05, 0.1) is 4.91 Å². The molecule has 0 N–H and O–H groups in total. The number of imide groups is 1. The van der Waals surface area contributed by atoms with E-state index in [1.807, 2.05) is 29.9 Å². The van der Waals surface area contributed by atoms with Crippen LogP contribution in [0, 0.1) is 0 Å². The Kier molecular flexibility index (Phi) is 2.40. The number of thioether (sulfide) groups is 1. The molecule has 2 rings (SSSR count). The van der Waals surface area contributed by atoms with Crippen LogP contribution in [0.1, 0.15) is 5.69 Å². The van der Waals surface area contributed by atoms with E-state index in [9.17, 15) is 9.59 Å². The quantitative estimate of drug-likeness (QED) is 0.679. The van der Waals surface area contributed by atoms with Gasteiger partial charge >= 0.3 is 0 Å². The SMILES string of the molecule is CN1C(=O)SC(=Cc2cccn2C)C1=O. The van der Waals surface area contributed by atoms with Crippen molar-refractivity contribution in [1.82, 2.24) is 9.47 Å². The Balaban J connectivity index is 2.34. The maximum atomic E-state index is 11.6. The summed E-state index contributed by atoms with van der Waals surface area (Å²) in [5.41, 5.74) is 0.911. The Morgan fingerprint density at radius 1 is 1.33 bits per heavy atom. The monoisotopic (exact) mass is 222 g/mol. The Morgan fingerprint density at radius 3 is 2.53 bits per heavy atom. The van der Waals surface area contributed by atoms with E-state index in [1.165, 1.54) is 7.05 Å². The van der Waals surface area contributed by atoms with Crippen LogP contribution >= 0.6 is 11.8 Å². The standard InChI is InChI=1S/C10H10N2O2S/c1-11-5-3-4-7(11)6-8-9(13)12(2)10(14)15-8/h3-6H,1-2H3. The van der Waals surface area contributed by atoms with Crippen LogP contribution in [0.15, 0.2) is 23.2 Å². The first-order chi connectivity index (χ1) is 7.09. The summed E-state index contributed by atoms with van der Waals surface area (Å²) >= 11 is 0.974. The van der Waals surface area contributed by atoms with Gasteiger partial charge < -0.3 is 4.57 Å². The second kappa shape index (κ2) is 3.58. The van der Waals surface area contributed by atoms with Crippen molar-refractivity contribution in [3.8, 4) is 0 Å². The summed E-state index contributed by atoms with van der Waals surface area (Å²) in [6.07, 6.45) is 3.62. The zero-order chi connectivity index (χ0) is 11.0. The molecule has 78 valence electrons. The summed E-state index contributed by atoms with van der Waals surface area (Å²) in [5, 5.41) is -0.222. The van der Waals surface area contributed by atoms with Gasteiger partial charge in [0, 0.05) is 26.0 Å². The number of carbonyl (C=O) groups is 2. The van der Waals surface area contributed by atoms with Crippen LogP contribution < -0.4 is 0 Å². The van der Waals surface area contributed by atoms with Crippen molar-refractivity contribution < 1.29 is 9.59 Å². The predicted octanol–water partition coefficient (Wildman–Crippen LogP) is 1.69. The number of rotatable bonds is 1. The third kappa shape index (κ3) is 1.70. The Morgan fingerprint density at radius 2 is 2.07 bits per heavy atom. The van der Waals surface area contributed by atoms with Crippen molar-refractivity contribution in [1.29, 1.82) is 0 Å². The first kappa shape index (κ1) is 10.0. The number of likely N-dealkylation sites (N-methyl/N-ethyl adjacent to an activating group) is 1. The van der Waals surface area contributed by atoms with Gasteiger partial charge in [0.25, 0.3) is 11.1 Å². The molecule has 5 heteroatoms. The molecule has 0 aliphatic carbocycles. The van der Waals surface area contributed by atoms with E-state index in [0.29, 0.717) is 4.91 Å². The van der Waals surface area contributed by atoms with Crippen molar-refractivity contribution in [3.63, 3.8) is 0 Å². The first-order valence-corrected chi connectivity index (χ1v) is 5.24. The fraction of sp³-hybridized carbons (Fsp3) is 0.200. The van der Waals surface area contributed by atoms with Crippen LogP contribution in [0.25, 0.3) is 6.08 Å². The summed E-state index contributed by atoms with van der Waals surface area (Å²) in [7, 11) is 3.38. The Labute approximate surface area is 91.6 Å². The molecular weight excluding hydrogens is 212 g/mol. The smallest absolute Gasteiger partial charge is 0.293 e. The molecule has 15 heavy (non-hydrogen) atoms. The van der Waals surface area contributed by atoms with Gasteiger partial charge in [-0.05, 0) is 30.0 Å². The zero-order valence-corrected chi connectivity index (χ0v) is 9.25. The van der Waals surface area contributed by atoms with Crippen LogP contribution in [0.5, 0.6) is 0 Å². The summed E-state index contributed by atoms with van der Waals surface area (Å²) < 4.78 is 1.89. The minimum atomic E-state index is -0.230. The number of hydrogen-bond donors (Lipinski definition) is 0. The van der Waals surface area contributed by atoms with Crippen LogP contribution in [-0.4, -0.2) is 27.7 Å². The van der Waals surface area contributed by atoms with E-state index in [2.05, 4.69) is 0 Å². The average Bonchev–Trinajstić information content (AvgIpc) is 2.69. The fourth-order valence-electron chi connectivity index (χ4n) is 1.30.